The molecule has 106 valence electrons. The topological polar surface area (TPSA) is 55.8 Å². The molecule has 1 aliphatic heterocycles. The fourth-order valence-electron chi connectivity index (χ4n) is 2.39. The van der Waals surface area contributed by atoms with Crippen molar-refractivity contribution in [2.45, 2.75) is 38.2 Å². The Morgan fingerprint density at radius 1 is 1.28 bits per heavy atom. The third kappa shape index (κ3) is 5.69. The first-order valence-electron chi connectivity index (χ1n) is 6.81. The molecule has 18 heavy (non-hydrogen) atoms. The number of carbonyl (C=O) groups excluding carboxylic acids is 1. The Hall–Kier alpha value is -0.810. The van der Waals surface area contributed by atoms with Crippen LogP contribution in [0.5, 0.6) is 0 Å². The summed E-state index contributed by atoms with van der Waals surface area (Å²) in [6, 6.07) is -0.0454. The lowest BCUT2D eigenvalue weighted by molar-refractivity contribution is 0.0348. The number of hydrogen-bond donors (Lipinski definition) is 2. The maximum Gasteiger partial charge on any atom is 0.317 e. The number of carbonyl (C=O) groups is 1. The highest BCUT2D eigenvalue weighted by molar-refractivity contribution is 5.74. The molecule has 0 aromatic heterocycles. The highest BCUT2D eigenvalue weighted by Gasteiger charge is 2.23. The smallest absolute Gasteiger partial charge is 0.317 e. The van der Waals surface area contributed by atoms with Crippen molar-refractivity contribution in [1.29, 1.82) is 0 Å². The molecule has 2 N–H and O–H groups in total. The lowest BCUT2D eigenvalue weighted by Crippen LogP contribution is -2.50. The molecule has 1 saturated heterocycles. The first kappa shape index (κ1) is 15.2. The summed E-state index contributed by atoms with van der Waals surface area (Å²) in [5.74, 6) is 0. The molecule has 5 nitrogen and oxygen atoms in total. The minimum absolute atomic E-state index is 0.0454. The van der Waals surface area contributed by atoms with Crippen LogP contribution in [-0.4, -0.2) is 66.8 Å². The van der Waals surface area contributed by atoms with E-state index in [9.17, 15) is 9.90 Å². The minimum atomic E-state index is -0.884. The number of rotatable bonds is 4. The van der Waals surface area contributed by atoms with Crippen molar-refractivity contribution >= 4 is 6.03 Å². The summed E-state index contributed by atoms with van der Waals surface area (Å²) in [5, 5.41) is 12.9. The Kier molecular flexibility index (Phi) is 5.88. The Labute approximate surface area is 110 Å². The van der Waals surface area contributed by atoms with Gasteiger partial charge in [-0.25, -0.2) is 4.79 Å². The van der Waals surface area contributed by atoms with Gasteiger partial charge in [-0.2, -0.15) is 0 Å². The van der Waals surface area contributed by atoms with E-state index in [-0.39, 0.29) is 6.03 Å². The molecule has 1 unspecified atom stereocenters. The van der Waals surface area contributed by atoms with Crippen LogP contribution in [0.4, 0.5) is 4.79 Å². The molecule has 1 aliphatic rings. The van der Waals surface area contributed by atoms with Crippen LogP contribution in [0.15, 0.2) is 0 Å². The van der Waals surface area contributed by atoms with Gasteiger partial charge in [0.2, 0.25) is 0 Å². The molecule has 1 fully saturated rings. The van der Waals surface area contributed by atoms with Gasteiger partial charge in [-0.3, -0.25) is 0 Å². The summed E-state index contributed by atoms with van der Waals surface area (Å²) in [4.78, 5) is 15.7. The molecule has 0 saturated carbocycles. The van der Waals surface area contributed by atoms with Gasteiger partial charge in [-0.1, -0.05) is 12.8 Å². The fourth-order valence-corrected chi connectivity index (χ4v) is 2.39. The van der Waals surface area contributed by atoms with Crippen LogP contribution < -0.4 is 5.32 Å². The van der Waals surface area contributed by atoms with Crippen molar-refractivity contribution in [2.75, 3.05) is 40.3 Å². The van der Waals surface area contributed by atoms with E-state index in [1.165, 1.54) is 12.8 Å². The maximum absolute atomic E-state index is 12.0. The van der Waals surface area contributed by atoms with Gasteiger partial charge < -0.3 is 20.2 Å². The van der Waals surface area contributed by atoms with Crippen molar-refractivity contribution < 1.29 is 9.90 Å². The molecular formula is C13H27N3O2. The van der Waals surface area contributed by atoms with Crippen molar-refractivity contribution in [3.63, 3.8) is 0 Å². The van der Waals surface area contributed by atoms with Gasteiger partial charge in [-0.05, 0) is 33.9 Å². The Morgan fingerprint density at radius 2 is 1.83 bits per heavy atom. The predicted molar refractivity (Wildman–Crippen MR) is 72.6 cm³/mol. The lowest BCUT2D eigenvalue weighted by atomic mass is 10.1. The molecule has 1 heterocycles. The van der Waals surface area contributed by atoms with Crippen LogP contribution in [0.3, 0.4) is 0 Å². The van der Waals surface area contributed by atoms with Gasteiger partial charge in [0.15, 0.2) is 0 Å². The molecule has 0 radical (unpaired) electrons. The Balaban J connectivity index is 2.35. The van der Waals surface area contributed by atoms with E-state index in [4.69, 9.17) is 0 Å². The summed E-state index contributed by atoms with van der Waals surface area (Å²) >= 11 is 0. The second-order valence-electron chi connectivity index (χ2n) is 5.79. The van der Waals surface area contributed by atoms with E-state index in [1.807, 2.05) is 23.9 Å². The first-order valence-corrected chi connectivity index (χ1v) is 6.81. The molecule has 2 amide bonds. The number of urea groups is 1. The molecule has 0 bridgehead atoms. The number of amides is 2. The van der Waals surface area contributed by atoms with Gasteiger partial charge in [0.25, 0.3) is 0 Å². The van der Waals surface area contributed by atoms with Crippen molar-refractivity contribution in [3.05, 3.63) is 0 Å². The highest BCUT2D eigenvalue weighted by atomic mass is 16.3. The molecule has 0 aromatic rings. The molecule has 0 spiro atoms. The van der Waals surface area contributed by atoms with E-state index in [2.05, 4.69) is 5.32 Å². The third-order valence-corrected chi connectivity index (χ3v) is 3.17. The zero-order valence-electron chi connectivity index (χ0n) is 11.9. The van der Waals surface area contributed by atoms with Crippen molar-refractivity contribution in [2.24, 2.45) is 0 Å². The maximum atomic E-state index is 12.0. The number of nitrogens with zero attached hydrogens (tertiary/aromatic N) is 2. The molecule has 5 heteroatoms. The standard InChI is InChI=1S/C13H27N3O2/c1-13(18,11-15(2)3)10-14-12(17)16-8-6-4-5-7-9-16/h18H,4-11H2,1-3H3,(H,14,17). The van der Waals surface area contributed by atoms with Gasteiger partial charge in [0.05, 0.1) is 5.60 Å². The minimum Gasteiger partial charge on any atom is -0.387 e. The van der Waals surface area contributed by atoms with Crippen molar-refractivity contribution in [3.8, 4) is 0 Å². The summed E-state index contributed by atoms with van der Waals surface area (Å²) < 4.78 is 0. The van der Waals surface area contributed by atoms with Crippen LogP contribution in [0.25, 0.3) is 0 Å². The zero-order valence-corrected chi connectivity index (χ0v) is 11.9. The molecule has 0 aromatic carbocycles. The lowest BCUT2D eigenvalue weighted by Gasteiger charge is -2.29. The predicted octanol–water partition coefficient (Wildman–Crippen LogP) is 0.885. The van der Waals surface area contributed by atoms with E-state index in [0.29, 0.717) is 13.1 Å². The van der Waals surface area contributed by atoms with Gasteiger partial charge in [0.1, 0.15) is 0 Å². The largest absolute Gasteiger partial charge is 0.387 e. The first-order chi connectivity index (χ1) is 8.41. The zero-order chi connectivity index (χ0) is 13.6. The number of likely N-dealkylation sites (N-methyl/N-ethyl adjacent to an activating group) is 1. The van der Waals surface area contributed by atoms with E-state index in [1.54, 1.807) is 6.92 Å². The SMILES string of the molecule is CN(C)CC(C)(O)CNC(=O)N1CCCCCC1. The monoisotopic (exact) mass is 257 g/mol. The summed E-state index contributed by atoms with van der Waals surface area (Å²) in [6.07, 6.45) is 4.59. The average molecular weight is 257 g/mol. The van der Waals surface area contributed by atoms with Gasteiger partial charge >= 0.3 is 6.03 Å². The molecular weight excluding hydrogens is 230 g/mol. The summed E-state index contributed by atoms with van der Waals surface area (Å²) in [5.41, 5.74) is -0.884. The van der Waals surface area contributed by atoms with Crippen molar-refractivity contribution in [1.82, 2.24) is 15.1 Å². The average Bonchev–Trinajstić information content (AvgIpc) is 2.52. The van der Waals surface area contributed by atoms with Crippen LogP contribution in [-0.2, 0) is 0 Å². The molecule has 1 rings (SSSR count). The third-order valence-electron chi connectivity index (χ3n) is 3.17. The van der Waals surface area contributed by atoms with Gasteiger partial charge in [-0.15, -0.1) is 0 Å². The Morgan fingerprint density at radius 3 is 2.33 bits per heavy atom. The van der Waals surface area contributed by atoms with Crippen LogP contribution in [0.1, 0.15) is 32.6 Å². The number of likely N-dealkylation sites (tertiary alicyclic amines) is 1. The molecule has 0 aliphatic carbocycles. The van der Waals surface area contributed by atoms with E-state index < -0.39 is 5.60 Å². The van der Waals surface area contributed by atoms with E-state index in [0.717, 1.165) is 25.9 Å². The number of aliphatic hydroxyl groups is 1. The second kappa shape index (κ2) is 6.95. The van der Waals surface area contributed by atoms with Gasteiger partial charge in [0, 0.05) is 26.2 Å². The number of hydrogen-bond acceptors (Lipinski definition) is 3. The second-order valence-corrected chi connectivity index (χ2v) is 5.79. The molecule has 1 atom stereocenters. The van der Waals surface area contributed by atoms with Crippen LogP contribution in [0, 0.1) is 0 Å². The van der Waals surface area contributed by atoms with E-state index >= 15 is 0 Å². The fraction of sp³-hybridized carbons (Fsp3) is 0.923. The highest BCUT2D eigenvalue weighted by Crippen LogP contribution is 2.10. The quantitative estimate of drug-likeness (QED) is 0.786. The summed E-state index contributed by atoms with van der Waals surface area (Å²) in [6.45, 7) is 4.24. The van der Waals surface area contributed by atoms with Crippen LogP contribution in [0.2, 0.25) is 0 Å². The summed E-state index contributed by atoms with van der Waals surface area (Å²) in [7, 11) is 3.82. The normalized spacial score (nSPS) is 20.4. The van der Waals surface area contributed by atoms with Crippen LogP contribution >= 0.6 is 0 Å². The Bertz CT molecular complexity index is 259. The number of nitrogens with one attached hydrogen (secondary N) is 1.